The fraction of sp³-hybridized carbons (Fsp3) is 0.400. The lowest BCUT2D eigenvalue weighted by Gasteiger charge is -2.19. The first kappa shape index (κ1) is 12.3. The number of aliphatic hydroxyl groups excluding tert-OH is 1. The Kier molecular flexibility index (Phi) is 3.32. The topological polar surface area (TPSA) is 82.7 Å². The van der Waals surface area contributed by atoms with Gasteiger partial charge in [0.1, 0.15) is 5.60 Å². The predicted octanol–water partition coefficient (Wildman–Crippen LogP) is 0.647. The van der Waals surface area contributed by atoms with E-state index in [0.717, 1.165) is 4.47 Å². The molecule has 17 heavy (non-hydrogen) atoms. The summed E-state index contributed by atoms with van der Waals surface area (Å²) in [6.07, 6.45) is 1.79. The second-order valence-corrected chi connectivity index (χ2v) is 5.01. The summed E-state index contributed by atoms with van der Waals surface area (Å²) in [5, 5.41) is 25.6. The molecule has 92 valence electrons. The molecule has 2 aromatic heterocycles. The Morgan fingerprint density at radius 2 is 2.29 bits per heavy atom. The highest BCUT2D eigenvalue weighted by Crippen LogP contribution is 2.12. The second-order valence-electron chi connectivity index (χ2n) is 4.09. The third-order valence-corrected chi connectivity index (χ3v) is 2.73. The van der Waals surface area contributed by atoms with Gasteiger partial charge in [-0.1, -0.05) is 0 Å². The van der Waals surface area contributed by atoms with E-state index in [1.54, 1.807) is 10.7 Å². The van der Waals surface area contributed by atoms with Crippen LogP contribution in [0.3, 0.4) is 0 Å². The largest absolute Gasteiger partial charge is 0.393 e. The van der Waals surface area contributed by atoms with E-state index >= 15 is 0 Å². The first-order chi connectivity index (χ1) is 8.00. The van der Waals surface area contributed by atoms with Gasteiger partial charge in [0, 0.05) is 17.2 Å². The number of hydrogen-bond donors (Lipinski definition) is 3. The first-order valence-electron chi connectivity index (χ1n) is 5.09. The molecule has 0 fully saturated rings. The lowest BCUT2D eigenvalue weighted by atomic mass is 10.1. The number of nitrogens with zero attached hydrogens (tertiary/aromatic N) is 3. The normalized spacial score (nSPS) is 14.8. The molecule has 3 N–H and O–H groups in total. The van der Waals surface area contributed by atoms with E-state index in [2.05, 4.69) is 31.3 Å². The van der Waals surface area contributed by atoms with Gasteiger partial charge in [-0.15, -0.1) is 5.10 Å². The molecule has 0 aliphatic heterocycles. The third-order valence-electron chi connectivity index (χ3n) is 2.26. The SMILES string of the molecule is CC(O)(CO)CNc1nc2ccc(Br)cn2n1. The highest BCUT2D eigenvalue weighted by molar-refractivity contribution is 9.10. The van der Waals surface area contributed by atoms with E-state index in [4.69, 9.17) is 5.11 Å². The van der Waals surface area contributed by atoms with Crippen molar-refractivity contribution in [2.45, 2.75) is 12.5 Å². The number of anilines is 1. The van der Waals surface area contributed by atoms with Crippen molar-refractivity contribution in [3.05, 3.63) is 22.8 Å². The van der Waals surface area contributed by atoms with Crippen molar-refractivity contribution in [3.8, 4) is 0 Å². The van der Waals surface area contributed by atoms with Gasteiger partial charge < -0.3 is 15.5 Å². The number of halogens is 1. The fourth-order valence-corrected chi connectivity index (χ4v) is 1.58. The average molecular weight is 301 g/mol. The van der Waals surface area contributed by atoms with Gasteiger partial charge in [0.15, 0.2) is 5.65 Å². The molecule has 0 amide bonds. The Labute approximate surface area is 106 Å². The number of aromatic nitrogens is 3. The van der Waals surface area contributed by atoms with Gasteiger partial charge >= 0.3 is 0 Å². The molecule has 0 aliphatic carbocycles. The van der Waals surface area contributed by atoms with Gasteiger partial charge in [-0.25, -0.2) is 4.52 Å². The van der Waals surface area contributed by atoms with E-state index in [0.29, 0.717) is 11.6 Å². The molecule has 0 saturated heterocycles. The van der Waals surface area contributed by atoms with E-state index in [-0.39, 0.29) is 13.2 Å². The molecule has 7 heteroatoms. The standard InChI is InChI=1S/C10H13BrN4O2/c1-10(17,6-16)5-12-9-13-8-3-2-7(11)4-15(8)14-9/h2-4,16-17H,5-6H2,1H3,(H,12,14). The van der Waals surface area contributed by atoms with Gasteiger partial charge in [-0.05, 0) is 35.0 Å². The van der Waals surface area contributed by atoms with E-state index < -0.39 is 5.60 Å². The minimum absolute atomic E-state index is 0.182. The van der Waals surface area contributed by atoms with Gasteiger partial charge in [-0.3, -0.25) is 0 Å². The maximum atomic E-state index is 9.62. The summed E-state index contributed by atoms with van der Waals surface area (Å²) in [6.45, 7) is 1.40. The summed E-state index contributed by atoms with van der Waals surface area (Å²) in [4.78, 5) is 4.22. The van der Waals surface area contributed by atoms with Crippen LogP contribution in [0.4, 0.5) is 5.95 Å². The number of aliphatic hydroxyl groups is 2. The van der Waals surface area contributed by atoms with Crippen LogP contribution in [0.5, 0.6) is 0 Å². The molecule has 0 bridgehead atoms. The minimum Gasteiger partial charge on any atom is -0.393 e. The van der Waals surface area contributed by atoms with Crippen molar-refractivity contribution in [3.63, 3.8) is 0 Å². The zero-order valence-electron chi connectivity index (χ0n) is 9.26. The Bertz CT molecular complexity index is 526. The van der Waals surface area contributed by atoms with Gasteiger partial charge in [0.2, 0.25) is 5.95 Å². The molecule has 2 aromatic rings. The third kappa shape index (κ3) is 2.93. The van der Waals surface area contributed by atoms with E-state index in [1.165, 1.54) is 6.92 Å². The number of rotatable bonds is 4. The van der Waals surface area contributed by atoms with Crippen molar-refractivity contribution in [1.82, 2.24) is 14.6 Å². The van der Waals surface area contributed by atoms with Crippen molar-refractivity contribution in [1.29, 1.82) is 0 Å². The van der Waals surface area contributed by atoms with E-state index in [9.17, 15) is 5.11 Å². The molecule has 6 nitrogen and oxygen atoms in total. The monoisotopic (exact) mass is 300 g/mol. The summed E-state index contributed by atoms with van der Waals surface area (Å²) in [7, 11) is 0. The van der Waals surface area contributed by atoms with Crippen molar-refractivity contribution in [2.75, 3.05) is 18.5 Å². The molecule has 0 aromatic carbocycles. The summed E-state index contributed by atoms with van der Waals surface area (Å²) >= 11 is 3.34. The number of hydrogen-bond acceptors (Lipinski definition) is 5. The number of pyridine rings is 1. The van der Waals surface area contributed by atoms with Crippen LogP contribution in [0.15, 0.2) is 22.8 Å². The molecule has 2 rings (SSSR count). The van der Waals surface area contributed by atoms with E-state index in [1.807, 2.05) is 12.1 Å². The molecular formula is C10H13BrN4O2. The maximum absolute atomic E-state index is 9.62. The van der Waals surface area contributed by atoms with Crippen LogP contribution in [0.25, 0.3) is 5.65 Å². The maximum Gasteiger partial charge on any atom is 0.243 e. The highest BCUT2D eigenvalue weighted by Gasteiger charge is 2.19. The molecule has 0 saturated carbocycles. The van der Waals surface area contributed by atoms with Crippen LogP contribution >= 0.6 is 15.9 Å². The number of nitrogens with one attached hydrogen (secondary N) is 1. The van der Waals surface area contributed by atoms with Gasteiger partial charge in [-0.2, -0.15) is 4.98 Å². The molecule has 1 atom stereocenters. The lowest BCUT2D eigenvalue weighted by molar-refractivity contribution is 0.0131. The smallest absolute Gasteiger partial charge is 0.243 e. The predicted molar refractivity (Wildman–Crippen MR) is 66.9 cm³/mol. The highest BCUT2D eigenvalue weighted by atomic mass is 79.9. The van der Waals surface area contributed by atoms with Crippen LogP contribution in [0, 0.1) is 0 Å². The lowest BCUT2D eigenvalue weighted by Crippen LogP contribution is -2.37. The zero-order chi connectivity index (χ0) is 12.5. The summed E-state index contributed by atoms with van der Waals surface area (Å²) < 4.78 is 2.53. The van der Waals surface area contributed by atoms with Crippen molar-refractivity contribution in [2.24, 2.45) is 0 Å². The Morgan fingerprint density at radius 1 is 1.53 bits per heavy atom. The molecule has 1 unspecified atom stereocenters. The molecule has 0 spiro atoms. The van der Waals surface area contributed by atoms with Crippen molar-refractivity contribution < 1.29 is 10.2 Å². The summed E-state index contributed by atoms with van der Waals surface area (Å²) in [5.41, 5.74) is -0.475. The Balaban J connectivity index is 2.15. The fourth-order valence-electron chi connectivity index (χ4n) is 1.26. The molecule has 0 radical (unpaired) electrons. The van der Waals surface area contributed by atoms with Crippen LogP contribution in [0.2, 0.25) is 0 Å². The average Bonchev–Trinajstić information content (AvgIpc) is 2.68. The quantitative estimate of drug-likeness (QED) is 0.772. The molecule has 0 aliphatic rings. The van der Waals surface area contributed by atoms with Crippen LogP contribution in [-0.4, -0.2) is 43.6 Å². The first-order valence-corrected chi connectivity index (χ1v) is 5.88. The van der Waals surface area contributed by atoms with Gasteiger partial charge in [0.05, 0.1) is 6.61 Å². The van der Waals surface area contributed by atoms with Gasteiger partial charge in [0.25, 0.3) is 0 Å². The number of fused-ring (bicyclic) bond motifs is 1. The Morgan fingerprint density at radius 3 is 3.00 bits per heavy atom. The summed E-state index contributed by atoms with van der Waals surface area (Å²) in [6, 6.07) is 3.70. The van der Waals surface area contributed by atoms with Crippen molar-refractivity contribution >= 4 is 27.5 Å². The summed E-state index contributed by atoms with van der Waals surface area (Å²) in [5.74, 6) is 0.414. The van der Waals surface area contributed by atoms with Crippen LogP contribution in [-0.2, 0) is 0 Å². The molecular weight excluding hydrogens is 288 g/mol. The van der Waals surface area contributed by atoms with Crippen LogP contribution < -0.4 is 5.32 Å². The van der Waals surface area contributed by atoms with Crippen LogP contribution in [0.1, 0.15) is 6.92 Å². The Hall–Kier alpha value is -1.18. The zero-order valence-corrected chi connectivity index (χ0v) is 10.8. The minimum atomic E-state index is -1.18. The second kappa shape index (κ2) is 4.59. The molecule has 2 heterocycles.